The minimum Gasteiger partial charge on any atom is -0.349 e. The lowest BCUT2D eigenvalue weighted by molar-refractivity contribution is 0.283. The van der Waals surface area contributed by atoms with Gasteiger partial charge in [-0.2, -0.15) is 0 Å². The van der Waals surface area contributed by atoms with Crippen LogP contribution in [0.5, 0.6) is 0 Å². The largest absolute Gasteiger partial charge is 0.349 e. The lowest BCUT2D eigenvalue weighted by Gasteiger charge is -2.32. The van der Waals surface area contributed by atoms with Crippen LogP contribution in [0.4, 0.5) is 5.69 Å². The second-order valence-corrected chi connectivity index (χ2v) is 5.78. The number of nitrogens with one attached hydrogen (secondary N) is 1. The number of fused-ring (bicyclic) bond motifs is 1. The lowest BCUT2D eigenvalue weighted by Crippen LogP contribution is -2.40. The van der Waals surface area contributed by atoms with Gasteiger partial charge < -0.3 is 10.2 Å². The summed E-state index contributed by atoms with van der Waals surface area (Å²) < 4.78 is 0. The average Bonchev–Trinajstić information content (AvgIpc) is 2.48. The normalized spacial score (nSPS) is 16.4. The van der Waals surface area contributed by atoms with Gasteiger partial charge in [-0.05, 0) is 49.2 Å². The highest BCUT2D eigenvalue weighted by Crippen LogP contribution is 2.19. The van der Waals surface area contributed by atoms with Crippen LogP contribution in [0.1, 0.15) is 19.8 Å². The molecule has 1 aliphatic heterocycles. The van der Waals surface area contributed by atoms with E-state index in [2.05, 4.69) is 27.1 Å². The molecular weight excluding hydrogens is 268 g/mol. The van der Waals surface area contributed by atoms with Gasteiger partial charge in [-0.3, -0.25) is 0 Å². The Labute approximate surface area is 124 Å². The number of hydrogen-bond acceptors (Lipinski definition) is 3. The third kappa shape index (κ3) is 2.88. The van der Waals surface area contributed by atoms with Crippen LogP contribution in [0.25, 0.3) is 10.9 Å². The topological polar surface area (TPSA) is 41.0 Å². The van der Waals surface area contributed by atoms with Gasteiger partial charge >= 0.3 is 0 Å². The van der Waals surface area contributed by atoms with Gasteiger partial charge in [-0.1, -0.05) is 6.92 Å². The van der Waals surface area contributed by atoms with Crippen LogP contribution in [0.2, 0.25) is 0 Å². The monoisotopic (exact) mass is 286 g/mol. The van der Waals surface area contributed by atoms with Crippen molar-refractivity contribution in [2.24, 2.45) is 5.92 Å². The molecule has 0 saturated carbocycles. The van der Waals surface area contributed by atoms with Gasteiger partial charge in [0.25, 0.3) is 0 Å². The van der Waals surface area contributed by atoms with Gasteiger partial charge in [0, 0.05) is 30.4 Å². The smallest absolute Gasteiger partial charge is 0.173 e. The van der Waals surface area contributed by atoms with Crippen molar-refractivity contribution < 1.29 is 0 Å². The van der Waals surface area contributed by atoms with E-state index in [0.29, 0.717) is 0 Å². The maximum atomic E-state index is 5.50. The van der Waals surface area contributed by atoms with Crippen molar-refractivity contribution in [3.63, 3.8) is 0 Å². The Morgan fingerprint density at radius 1 is 1.35 bits per heavy atom. The molecule has 20 heavy (non-hydrogen) atoms. The standard InChI is InChI=1S/C15H18N4S/c1-11-4-6-19(7-5-11)15(20)18-13-2-3-14-12(8-13)9-16-10-17-14/h2-3,8-11H,4-7H2,1H3,(H,18,20). The fraction of sp³-hybridized carbons (Fsp3) is 0.400. The Bertz CT molecular complexity index is 620. The summed E-state index contributed by atoms with van der Waals surface area (Å²) in [6.07, 6.45) is 5.81. The molecule has 0 spiro atoms. The predicted molar refractivity (Wildman–Crippen MR) is 85.7 cm³/mol. The van der Waals surface area contributed by atoms with Crippen LogP contribution in [0.15, 0.2) is 30.7 Å². The van der Waals surface area contributed by atoms with E-state index in [-0.39, 0.29) is 0 Å². The first-order chi connectivity index (χ1) is 9.72. The van der Waals surface area contributed by atoms with Gasteiger partial charge in [0.2, 0.25) is 0 Å². The van der Waals surface area contributed by atoms with Crippen LogP contribution >= 0.6 is 12.2 Å². The van der Waals surface area contributed by atoms with Gasteiger partial charge in [-0.25, -0.2) is 9.97 Å². The van der Waals surface area contributed by atoms with E-state index in [9.17, 15) is 0 Å². The Kier molecular flexibility index (Phi) is 3.78. The molecule has 3 rings (SSSR count). The number of hydrogen-bond donors (Lipinski definition) is 1. The van der Waals surface area contributed by atoms with Crippen molar-refractivity contribution in [3.8, 4) is 0 Å². The maximum Gasteiger partial charge on any atom is 0.173 e. The van der Waals surface area contributed by atoms with Crippen LogP contribution in [-0.2, 0) is 0 Å². The summed E-state index contributed by atoms with van der Waals surface area (Å²) in [6, 6.07) is 6.03. The van der Waals surface area contributed by atoms with Crippen LogP contribution in [0, 0.1) is 5.92 Å². The molecule has 1 aliphatic rings. The van der Waals surface area contributed by atoms with Crippen LogP contribution in [-0.4, -0.2) is 33.1 Å². The summed E-state index contributed by atoms with van der Waals surface area (Å²) in [5.74, 6) is 0.812. The number of thiocarbonyl (C=S) groups is 1. The minimum atomic E-state index is 0.812. The van der Waals surface area contributed by atoms with E-state index in [4.69, 9.17) is 12.2 Å². The average molecular weight is 286 g/mol. The van der Waals surface area contributed by atoms with Crippen molar-refractivity contribution in [2.75, 3.05) is 18.4 Å². The lowest BCUT2D eigenvalue weighted by atomic mass is 10.00. The Hall–Kier alpha value is -1.75. The highest BCUT2D eigenvalue weighted by Gasteiger charge is 2.17. The number of benzene rings is 1. The fourth-order valence-corrected chi connectivity index (χ4v) is 2.78. The molecule has 4 nitrogen and oxygen atoms in total. The van der Waals surface area contributed by atoms with Crippen molar-refractivity contribution in [2.45, 2.75) is 19.8 Å². The van der Waals surface area contributed by atoms with Crippen molar-refractivity contribution >= 4 is 33.9 Å². The molecular formula is C15H18N4S. The number of rotatable bonds is 1. The van der Waals surface area contributed by atoms with Crippen LogP contribution < -0.4 is 5.32 Å². The number of piperidine rings is 1. The quantitative estimate of drug-likeness (QED) is 0.816. The second-order valence-electron chi connectivity index (χ2n) is 5.40. The fourth-order valence-electron chi connectivity index (χ4n) is 2.48. The molecule has 1 aromatic heterocycles. The van der Waals surface area contributed by atoms with Crippen molar-refractivity contribution in [1.82, 2.24) is 14.9 Å². The molecule has 1 saturated heterocycles. The van der Waals surface area contributed by atoms with E-state index in [0.717, 1.165) is 40.7 Å². The summed E-state index contributed by atoms with van der Waals surface area (Å²) in [5.41, 5.74) is 1.94. The summed E-state index contributed by atoms with van der Waals surface area (Å²) in [7, 11) is 0. The van der Waals surface area contributed by atoms with Crippen molar-refractivity contribution in [1.29, 1.82) is 0 Å². The van der Waals surface area contributed by atoms with Crippen LogP contribution in [0.3, 0.4) is 0 Å². The highest BCUT2D eigenvalue weighted by atomic mass is 32.1. The first-order valence-electron chi connectivity index (χ1n) is 6.98. The molecule has 0 atom stereocenters. The maximum absolute atomic E-state index is 5.50. The number of nitrogens with zero attached hydrogens (tertiary/aromatic N) is 3. The molecule has 104 valence electrons. The zero-order chi connectivity index (χ0) is 13.9. The van der Waals surface area contributed by atoms with Gasteiger partial charge in [0.05, 0.1) is 5.52 Å². The number of anilines is 1. The summed E-state index contributed by atoms with van der Waals surface area (Å²) in [6.45, 7) is 4.39. The number of aromatic nitrogens is 2. The molecule has 2 aromatic rings. The third-order valence-corrected chi connectivity index (χ3v) is 4.19. The van der Waals surface area contributed by atoms with E-state index >= 15 is 0 Å². The van der Waals surface area contributed by atoms with E-state index in [1.54, 1.807) is 6.33 Å². The first-order valence-corrected chi connectivity index (χ1v) is 7.39. The molecule has 1 aromatic carbocycles. The Balaban J connectivity index is 1.71. The predicted octanol–water partition coefficient (Wildman–Crippen LogP) is 3.06. The Morgan fingerprint density at radius 2 is 2.15 bits per heavy atom. The Morgan fingerprint density at radius 3 is 2.95 bits per heavy atom. The molecule has 0 radical (unpaired) electrons. The molecule has 1 fully saturated rings. The molecule has 0 aliphatic carbocycles. The van der Waals surface area contributed by atoms with E-state index in [1.165, 1.54) is 12.8 Å². The molecule has 2 heterocycles. The van der Waals surface area contributed by atoms with Gasteiger partial charge in [0.1, 0.15) is 6.33 Å². The van der Waals surface area contributed by atoms with Gasteiger partial charge in [0.15, 0.2) is 5.11 Å². The van der Waals surface area contributed by atoms with E-state index in [1.807, 2.05) is 24.4 Å². The van der Waals surface area contributed by atoms with Crippen molar-refractivity contribution in [3.05, 3.63) is 30.7 Å². The molecule has 0 unspecified atom stereocenters. The first kappa shape index (κ1) is 13.2. The van der Waals surface area contributed by atoms with Gasteiger partial charge in [-0.15, -0.1) is 0 Å². The highest BCUT2D eigenvalue weighted by molar-refractivity contribution is 7.80. The zero-order valence-corrected chi connectivity index (χ0v) is 12.4. The number of likely N-dealkylation sites (tertiary alicyclic amines) is 1. The molecule has 0 amide bonds. The summed E-state index contributed by atoms with van der Waals surface area (Å²) in [4.78, 5) is 10.5. The zero-order valence-electron chi connectivity index (χ0n) is 11.5. The second kappa shape index (κ2) is 5.71. The molecule has 1 N–H and O–H groups in total. The third-order valence-electron chi connectivity index (χ3n) is 3.83. The molecule has 5 heteroatoms. The summed E-state index contributed by atoms with van der Waals surface area (Å²) in [5, 5.41) is 5.15. The molecule has 0 bridgehead atoms. The van der Waals surface area contributed by atoms with E-state index < -0.39 is 0 Å². The summed E-state index contributed by atoms with van der Waals surface area (Å²) >= 11 is 5.50. The minimum absolute atomic E-state index is 0.812. The SMILES string of the molecule is CC1CCN(C(=S)Nc2ccc3ncncc3c2)CC1.